The molecule has 156 valence electrons. The van der Waals surface area contributed by atoms with Crippen LogP contribution in [-0.4, -0.2) is 42.2 Å². The number of aromatic nitrogens is 2. The second kappa shape index (κ2) is 13.4. The van der Waals surface area contributed by atoms with Crippen molar-refractivity contribution in [2.24, 2.45) is 10.9 Å². The van der Waals surface area contributed by atoms with E-state index in [1.807, 2.05) is 12.4 Å². The predicted octanol–water partition coefficient (Wildman–Crippen LogP) is 3.74. The van der Waals surface area contributed by atoms with Crippen molar-refractivity contribution in [2.45, 2.75) is 40.3 Å². The minimum Gasteiger partial charge on any atom is -0.372 e. The van der Waals surface area contributed by atoms with E-state index in [9.17, 15) is 0 Å². The normalized spacial score (nSPS) is 11.2. The van der Waals surface area contributed by atoms with Gasteiger partial charge in [-0.05, 0) is 31.4 Å². The lowest BCUT2D eigenvalue weighted by Gasteiger charge is -2.23. The van der Waals surface area contributed by atoms with Crippen LogP contribution in [0.5, 0.6) is 0 Å². The number of rotatable bonds is 10. The number of nitrogens with zero attached hydrogens (tertiary/aromatic N) is 4. The van der Waals surface area contributed by atoms with Gasteiger partial charge in [0.25, 0.3) is 0 Å². The molecule has 2 rings (SSSR count). The van der Waals surface area contributed by atoms with Crippen LogP contribution in [0.2, 0.25) is 0 Å². The highest BCUT2D eigenvalue weighted by atomic mass is 127. The summed E-state index contributed by atoms with van der Waals surface area (Å²) in [5, 5.41) is 6.76. The lowest BCUT2D eigenvalue weighted by atomic mass is 10.2. The molecule has 1 aromatic heterocycles. The Balaban J connectivity index is 0.00000392. The lowest BCUT2D eigenvalue weighted by Crippen LogP contribution is -2.39. The zero-order valence-corrected chi connectivity index (χ0v) is 19.9. The van der Waals surface area contributed by atoms with E-state index < -0.39 is 0 Å². The SMILES string of the molecule is CCN(CCCNC(=NC)NCc1nccn1CC(C)C)c1ccccc1.I. The summed E-state index contributed by atoms with van der Waals surface area (Å²) >= 11 is 0. The average Bonchev–Trinajstić information content (AvgIpc) is 3.11. The number of nitrogens with one attached hydrogen (secondary N) is 2. The van der Waals surface area contributed by atoms with Crippen molar-refractivity contribution in [3.8, 4) is 0 Å². The van der Waals surface area contributed by atoms with Crippen molar-refractivity contribution in [3.63, 3.8) is 0 Å². The van der Waals surface area contributed by atoms with Crippen molar-refractivity contribution in [2.75, 3.05) is 31.6 Å². The van der Waals surface area contributed by atoms with Gasteiger partial charge >= 0.3 is 0 Å². The minimum absolute atomic E-state index is 0. The minimum atomic E-state index is 0. The van der Waals surface area contributed by atoms with Gasteiger partial charge in [0.1, 0.15) is 5.82 Å². The van der Waals surface area contributed by atoms with Crippen molar-refractivity contribution in [1.29, 1.82) is 0 Å². The zero-order valence-electron chi connectivity index (χ0n) is 17.6. The van der Waals surface area contributed by atoms with Gasteiger partial charge in [0.2, 0.25) is 0 Å². The molecule has 0 aliphatic rings. The Morgan fingerprint density at radius 3 is 2.61 bits per heavy atom. The van der Waals surface area contributed by atoms with E-state index in [4.69, 9.17) is 0 Å². The van der Waals surface area contributed by atoms with Crippen molar-refractivity contribution < 1.29 is 0 Å². The smallest absolute Gasteiger partial charge is 0.191 e. The third-order valence-electron chi connectivity index (χ3n) is 4.40. The largest absolute Gasteiger partial charge is 0.372 e. The molecule has 0 fully saturated rings. The summed E-state index contributed by atoms with van der Waals surface area (Å²) < 4.78 is 2.20. The molecule has 28 heavy (non-hydrogen) atoms. The number of hydrogen-bond acceptors (Lipinski definition) is 3. The number of imidazole rings is 1. The molecule has 0 spiro atoms. The van der Waals surface area contributed by atoms with Crippen LogP contribution >= 0.6 is 24.0 Å². The first-order chi connectivity index (χ1) is 13.1. The van der Waals surface area contributed by atoms with E-state index in [0.717, 1.165) is 44.4 Å². The molecule has 6 nitrogen and oxygen atoms in total. The van der Waals surface area contributed by atoms with Gasteiger partial charge in [-0.3, -0.25) is 4.99 Å². The van der Waals surface area contributed by atoms with E-state index in [-0.39, 0.29) is 24.0 Å². The van der Waals surface area contributed by atoms with E-state index in [1.54, 1.807) is 7.05 Å². The van der Waals surface area contributed by atoms with Crippen molar-refractivity contribution in [1.82, 2.24) is 20.2 Å². The number of benzene rings is 1. The molecule has 0 atom stereocenters. The monoisotopic (exact) mass is 498 g/mol. The zero-order chi connectivity index (χ0) is 19.5. The molecule has 1 heterocycles. The summed E-state index contributed by atoms with van der Waals surface area (Å²) in [4.78, 5) is 11.2. The number of aliphatic imine (C=N–C) groups is 1. The number of hydrogen-bond donors (Lipinski definition) is 2. The molecule has 0 aliphatic carbocycles. The van der Waals surface area contributed by atoms with Crippen molar-refractivity contribution >= 4 is 35.6 Å². The predicted molar refractivity (Wildman–Crippen MR) is 130 cm³/mol. The van der Waals surface area contributed by atoms with Crippen LogP contribution in [0.25, 0.3) is 0 Å². The van der Waals surface area contributed by atoms with Crippen LogP contribution in [-0.2, 0) is 13.1 Å². The molecular formula is C21H35IN6. The molecule has 0 saturated carbocycles. The van der Waals surface area contributed by atoms with E-state index in [2.05, 4.69) is 81.2 Å². The lowest BCUT2D eigenvalue weighted by molar-refractivity contribution is 0.503. The van der Waals surface area contributed by atoms with Crippen LogP contribution in [0, 0.1) is 5.92 Å². The highest BCUT2D eigenvalue weighted by molar-refractivity contribution is 14.0. The maximum atomic E-state index is 4.45. The molecule has 1 aromatic carbocycles. The van der Waals surface area contributed by atoms with E-state index in [1.165, 1.54) is 5.69 Å². The molecule has 0 aliphatic heterocycles. The van der Waals surface area contributed by atoms with Crippen LogP contribution < -0.4 is 15.5 Å². The molecule has 7 heteroatoms. The van der Waals surface area contributed by atoms with Crippen LogP contribution in [0.1, 0.15) is 33.0 Å². The molecular weight excluding hydrogens is 463 g/mol. The summed E-state index contributed by atoms with van der Waals surface area (Å²) in [5.41, 5.74) is 1.28. The summed E-state index contributed by atoms with van der Waals surface area (Å²) in [7, 11) is 1.80. The van der Waals surface area contributed by atoms with Gasteiger partial charge in [-0.15, -0.1) is 24.0 Å². The Kier molecular flexibility index (Phi) is 11.6. The fourth-order valence-corrected chi connectivity index (χ4v) is 3.04. The van der Waals surface area contributed by atoms with Gasteiger partial charge in [-0.25, -0.2) is 4.98 Å². The molecule has 0 amide bonds. The Morgan fingerprint density at radius 1 is 1.21 bits per heavy atom. The maximum Gasteiger partial charge on any atom is 0.191 e. The fraction of sp³-hybridized carbons (Fsp3) is 0.524. The maximum absolute atomic E-state index is 4.45. The molecule has 0 unspecified atom stereocenters. The molecule has 0 bridgehead atoms. The third kappa shape index (κ3) is 8.08. The standard InChI is InChI=1S/C21H34N6.HI/c1-5-26(19-10-7-6-8-11-19)14-9-12-24-21(22-4)25-16-20-23-13-15-27(20)17-18(2)3;/h6-8,10-11,13,15,18H,5,9,12,14,16-17H2,1-4H3,(H2,22,24,25);1H. The molecule has 0 radical (unpaired) electrons. The average molecular weight is 498 g/mol. The summed E-state index contributed by atoms with van der Waals surface area (Å²) in [5.74, 6) is 2.45. The van der Waals surface area contributed by atoms with E-state index >= 15 is 0 Å². The summed E-state index contributed by atoms with van der Waals surface area (Å²) in [6.07, 6.45) is 4.94. The molecule has 2 N–H and O–H groups in total. The topological polar surface area (TPSA) is 57.5 Å². The van der Waals surface area contributed by atoms with Crippen LogP contribution in [0.15, 0.2) is 47.7 Å². The highest BCUT2D eigenvalue weighted by Gasteiger charge is 2.06. The number of halogens is 1. The number of para-hydroxylation sites is 1. The first-order valence-electron chi connectivity index (χ1n) is 9.88. The number of anilines is 1. The Morgan fingerprint density at radius 2 is 1.96 bits per heavy atom. The van der Waals surface area contributed by atoms with Gasteiger partial charge in [-0.1, -0.05) is 32.0 Å². The van der Waals surface area contributed by atoms with Crippen LogP contribution in [0.4, 0.5) is 5.69 Å². The molecule has 0 saturated heterocycles. The highest BCUT2D eigenvalue weighted by Crippen LogP contribution is 2.12. The van der Waals surface area contributed by atoms with Gasteiger partial charge in [0.15, 0.2) is 5.96 Å². The Hall–Kier alpha value is -1.77. The summed E-state index contributed by atoms with van der Waals surface area (Å²) in [6, 6.07) is 10.6. The Labute approximate surface area is 186 Å². The third-order valence-corrected chi connectivity index (χ3v) is 4.40. The quantitative estimate of drug-likeness (QED) is 0.227. The number of guanidine groups is 1. The van der Waals surface area contributed by atoms with Crippen molar-refractivity contribution in [3.05, 3.63) is 48.5 Å². The van der Waals surface area contributed by atoms with Gasteiger partial charge < -0.3 is 20.1 Å². The van der Waals surface area contributed by atoms with Gasteiger partial charge in [0.05, 0.1) is 6.54 Å². The van der Waals surface area contributed by atoms with Gasteiger partial charge in [0, 0.05) is 51.3 Å². The van der Waals surface area contributed by atoms with Crippen LogP contribution in [0.3, 0.4) is 0 Å². The first-order valence-corrected chi connectivity index (χ1v) is 9.88. The second-order valence-corrected chi connectivity index (χ2v) is 7.01. The first kappa shape index (κ1) is 24.3. The summed E-state index contributed by atoms with van der Waals surface area (Å²) in [6.45, 7) is 11.2. The second-order valence-electron chi connectivity index (χ2n) is 7.01. The fourth-order valence-electron chi connectivity index (χ4n) is 3.04. The Bertz CT molecular complexity index is 683. The van der Waals surface area contributed by atoms with Gasteiger partial charge in [-0.2, -0.15) is 0 Å². The van der Waals surface area contributed by atoms with E-state index in [0.29, 0.717) is 12.5 Å². The molecule has 2 aromatic rings.